The van der Waals surface area contributed by atoms with E-state index in [1.165, 1.54) is 0 Å². The summed E-state index contributed by atoms with van der Waals surface area (Å²) in [5.41, 5.74) is 5.53. The van der Waals surface area contributed by atoms with Crippen LogP contribution in [0.15, 0.2) is 0 Å². The topological polar surface area (TPSA) is 69.8 Å². The maximum atomic E-state index is 11.6. The van der Waals surface area contributed by atoms with Gasteiger partial charge in [0.25, 0.3) is 0 Å². The Kier molecular flexibility index (Phi) is 3.86. The largest absolute Gasteiger partial charge is 0.394 e. The maximum absolute atomic E-state index is 11.6. The number of hydrogen-bond donors (Lipinski definition) is 2. The molecule has 0 radical (unpaired) electrons. The van der Waals surface area contributed by atoms with Crippen LogP contribution in [0.3, 0.4) is 0 Å². The van der Waals surface area contributed by atoms with Crippen molar-refractivity contribution in [3.05, 3.63) is 0 Å². The van der Waals surface area contributed by atoms with Crippen LogP contribution in [0.4, 0.5) is 0 Å². The Labute approximate surface area is 84.5 Å². The van der Waals surface area contributed by atoms with Crippen molar-refractivity contribution in [1.29, 1.82) is 0 Å². The van der Waals surface area contributed by atoms with Crippen molar-refractivity contribution in [3.63, 3.8) is 0 Å². The standard InChI is InChI=1S/C9H19N3O2/c1-7(10)9(14)12-4-3-11(2)5-8(12)6-13/h7-8,13H,3-6,10H2,1-2H3/t7-,8?/m0/s1. The van der Waals surface area contributed by atoms with Gasteiger partial charge in [-0.3, -0.25) is 4.79 Å². The molecule has 0 bridgehead atoms. The molecule has 82 valence electrons. The fourth-order valence-corrected chi connectivity index (χ4v) is 1.72. The minimum Gasteiger partial charge on any atom is -0.394 e. The van der Waals surface area contributed by atoms with E-state index in [4.69, 9.17) is 10.8 Å². The monoisotopic (exact) mass is 201 g/mol. The van der Waals surface area contributed by atoms with E-state index in [9.17, 15) is 4.79 Å². The Morgan fingerprint density at radius 2 is 2.29 bits per heavy atom. The van der Waals surface area contributed by atoms with Gasteiger partial charge in [-0.15, -0.1) is 0 Å². The normalized spacial score (nSPS) is 26.3. The highest BCUT2D eigenvalue weighted by Crippen LogP contribution is 2.09. The lowest BCUT2D eigenvalue weighted by atomic mass is 10.1. The Morgan fingerprint density at radius 1 is 1.64 bits per heavy atom. The predicted octanol–water partition coefficient (Wildman–Crippen LogP) is -1.53. The Bertz CT molecular complexity index is 208. The van der Waals surface area contributed by atoms with E-state index in [1.807, 2.05) is 7.05 Å². The molecule has 1 aliphatic heterocycles. The number of aliphatic hydroxyl groups is 1. The maximum Gasteiger partial charge on any atom is 0.239 e. The van der Waals surface area contributed by atoms with Crippen LogP contribution in [0, 0.1) is 0 Å². The first-order valence-electron chi connectivity index (χ1n) is 4.91. The number of piperazine rings is 1. The third-order valence-electron chi connectivity index (χ3n) is 2.57. The Morgan fingerprint density at radius 3 is 2.79 bits per heavy atom. The average molecular weight is 201 g/mol. The van der Waals surface area contributed by atoms with Crippen LogP contribution in [0.1, 0.15) is 6.92 Å². The van der Waals surface area contributed by atoms with E-state index < -0.39 is 6.04 Å². The number of amides is 1. The second-order valence-corrected chi connectivity index (χ2v) is 3.92. The van der Waals surface area contributed by atoms with Crippen LogP contribution in [-0.4, -0.2) is 66.2 Å². The van der Waals surface area contributed by atoms with E-state index in [0.717, 1.165) is 13.1 Å². The van der Waals surface area contributed by atoms with E-state index in [0.29, 0.717) is 6.54 Å². The SMILES string of the molecule is C[C@H](N)C(=O)N1CCN(C)CC1CO. The molecule has 0 spiro atoms. The lowest BCUT2D eigenvalue weighted by Crippen LogP contribution is -2.58. The first-order valence-corrected chi connectivity index (χ1v) is 4.91. The van der Waals surface area contributed by atoms with Gasteiger partial charge in [-0.2, -0.15) is 0 Å². The minimum atomic E-state index is -0.479. The van der Waals surface area contributed by atoms with Crippen molar-refractivity contribution in [2.75, 3.05) is 33.3 Å². The summed E-state index contributed by atoms with van der Waals surface area (Å²) in [6.45, 7) is 3.89. The molecule has 1 rings (SSSR count). The zero-order valence-corrected chi connectivity index (χ0v) is 8.81. The highest BCUT2D eigenvalue weighted by Gasteiger charge is 2.29. The van der Waals surface area contributed by atoms with Crippen molar-refractivity contribution in [2.45, 2.75) is 19.0 Å². The molecule has 5 heteroatoms. The van der Waals surface area contributed by atoms with E-state index in [-0.39, 0.29) is 18.6 Å². The van der Waals surface area contributed by atoms with Gasteiger partial charge in [0.05, 0.1) is 18.7 Å². The summed E-state index contributed by atoms with van der Waals surface area (Å²) in [7, 11) is 1.98. The molecule has 0 saturated carbocycles. The number of carbonyl (C=O) groups excluding carboxylic acids is 1. The molecule has 1 fully saturated rings. The van der Waals surface area contributed by atoms with Crippen LogP contribution in [0.2, 0.25) is 0 Å². The molecule has 5 nitrogen and oxygen atoms in total. The summed E-state index contributed by atoms with van der Waals surface area (Å²) >= 11 is 0. The number of nitrogens with zero attached hydrogens (tertiary/aromatic N) is 2. The Balaban J connectivity index is 2.63. The number of nitrogens with two attached hydrogens (primary N) is 1. The second-order valence-electron chi connectivity index (χ2n) is 3.92. The number of likely N-dealkylation sites (N-methyl/N-ethyl adjacent to an activating group) is 1. The van der Waals surface area contributed by atoms with Gasteiger partial charge >= 0.3 is 0 Å². The van der Waals surface area contributed by atoms with Gasteiger partial charge in [-0.1, -0.05) is 0 Å². The molecule has 0 aliphatic carbocycles. The first kappa shape index (κ1) is 11.4. The fraction of sp³-hybridized carbons (Fsp3) is 0.889. The van der Waals surface area contributed by atoms with Crippen LogP contribution < -0.4 is 5.73 Å². The molecule has 1 aliphatic rings. The van der Waals surface area contributed by atoms with Crippen molar-refractivity contribution >= 4 is 5.91 Å². The van der Waals surface area contributed by atoms with Crippen molar-refractivity contribution in [1.82, 2.24) is 9.80 Å². The summed E-state index contributed by atoms with van der Waals surface area (Å²) in [6, 6.07) is -0.584. The molecule has 0 aromatic carbocycles. The van der Waals surface area contributed by atoms with E-state index in [1.54, 1.807) is 11.8 Å². The summed E-state index contributed by atoms with van der Waals surface area (Å²) in [5.74, 6) is -0.0721. The quantitative estimate of drug-likeness (QED) is 0.568. The van der Waals surface area contributed by atoms with Gasteiger partial charge in [0.15, 0.2) is 0 Å². The van der Waals surface area contributed by atoms with Crippen molar-refractivity contribution < 1.29 is 9.90 Å². The highest BCUT2D eigenvalue weighted by molar-refractivity contribution is 5.81. The summed E-state index contributed by atoms with van der Waals surface area (Å²) in [5, 5.41) is 9.15. The molecule has 14 heavy (non-hydrogen) atoms. The van der Waals surface area contributed by atoms with E-state index >= 15 is 0 Å². The average Bonchev–Trinajstić information content (AvgIpc) is 2.16. The number of carbonyl (C=O) groups is 1. The number of aliphatic hydroxyl groups excluding tert-OH is 1. The van der Waals surface area contributed by atoms with Crippen LogP contribution in [0.5, 0.6) is 0 Å². The molecule has 2 atom stereocenters. The molecule has 0 aromatic rings. The van der Waals surface area contributed by atoms with Crippen LogP contribution in [-0.2, 0) is 4.79 Å². The fourth-order valence-electron chi connectivity index (χ4n) is 1.72. The second kappa shape index (κ2) is 4.72. The number of hydrogen-bond acceptors (Lipinski definition) is 4. The molecule has 1 unspecified atom stereocenters. The van der Waals surface area contributed by atoms with Crippen molar-refractivity contribution in [3.8, 4) is 0 Å². The zero-order chi connectivity index (χ0) is 10.7. The molecule has 1 amide bonds. The minimum absolute atomic E-state index is 0.00278. The molecular formula is C9H19N3O2. The van der Waals surface area contributed by atoms with Gasteiger partial charge in [-0.05, 0) is 14.0 Å². The molecular weight excluding hydrogens is 182 g/mol. The predicted molar refractivity (Wildman–Crippen MR) is 53.7 cm³/mol. The van der Waals surface area contributed by atoms with Crippen LogP contribution >= 0.6 is 0 Å². The molecule has 1 heterocycles. The summed E-state index contributed by atoms with van der Waals surface area (Å²) in [4.78, 5) is 15.4. The van der Waals surface area contributed by atoms with Gasteiger partial charge in [-0.25, -0.2) is 0 Å². The summed E-state index contributed by atoms with van der Waals surface area (Å²) in [6.07, 6.45) is 0. The molecule has 0 aromatic heterocycles. The zero-order valence-electron chi connectivity index (χ0n) is 8.81. The van der Waals surface area contributed by atoms with Gasteiger partial charge < -0.3 is 20.6 Å². The first-order chi connectivity index (χ1) is 6.56. The highest BCUT2D eigenvalue weighted by atomic mass is 16.3. The van der Waals surface area contributed by atoms with E-state index in [2.05, 4.69) is 4.90 Å². The van der Waals surface area contributed by atoms with Gasteiger partial charge in [0.1, 0.15) is 0 Å². The third kappa shape index (κ3) is 2.43. The Hall–Kier alpha value is -0.650. The lowest BCUT2D eigenvalue weighted by molar-refractivity contribution is -0.138. The molecule has 1 saturated heterocycles. The molecule has 3 N–H and O–H groups in total. The van der Waals surface area contributed by atoms with Gasteiger partial charge in [0, 0.05) is 19.6 Å². The third-order valence-corrected chi connectivity index (χ3v) is 2.57. The van der Waals surface area contributed by atoms with Crippen LogP contribution in [0.25, 0.3) is 0 Å². The lowest BCUT2D eigenvalue weighted by Gasteiger charge is -2.39. The summed E-state index contributed by atoms with van der Waals surface area (Å²) < 4.78 is 0. The number of rotatable bonds is 2. The van der Waals surface area contributed by atoms with Gasteiger partial charge in [0.2, 0.25) is 5.91 Å². The smallest absolute Gasteiger partial charge is 0.239 e. The van der Waals surface area contributed by atoms with Crippen molar-refractivity contribution in [2.24, 2.45) is 5.73 Å².